The number of aliphatic hydroxyl groups excluding tert-OH is 1. The van der Waals surface area contributed by atoms with Gasteiger partial charge in [-0.3, -0.25) is 0 Å². The van der Waals surface area contributed by atoms with Gasteiger partial charge in [-0.2, -0.15) is 0 Å². The normalized spacial score (nSPS) is 16.7. The molecule has 0 amide bonds. The quantitative estimate of drug-likeness (QED) is 0.526. The summed E-state index contributed by atoms with van der Waals surface area (Å²) in [5, 5.41) is 8.83. The summed E-state index contributed by atoms with van der Waals surface area (Å²) in [5.74, 6) is 0. The number of rotatable bonds is 1. The Bertz CT molecular complexity index is 49.7. The van der Waals surface area contributed by atoms with Crippen molar-refractivity contribution in [2.24, 2.45) is 5.41 Å². The van der Waals surface area contributed by atoms with Crippen LogP contribution in [0.2, 0.25) is 0 Å². The Morgan fingerprint density at radius 3 is 1.71 bits per heavy atom. The molecule has 0 fully saturated rings. The van der Waals surface area contributed by atoms with Gasteiger partial charge < -0.3 is 5.11 Å². The molecule has 1 N–H and O–H groups in total. The zero-order chi connectivity index (χ0) is 6.08. The summed E-state index contributed by atoms with van der Waals surface area (Å²) >= 11 is 0. The molecule has 0 aliphatic rings. The molecule has 1 atom stereocenters. The second-order valence-corrected chi connectivity index (χ2v) is 2.66. The van der Waals surface area contributed by atoms with Gasteiger partial charge in [0.25, 0.3) is 0 Å². The molecule has 43 valence electrons. The average molecular weight is 101 g/mol. The molecule has 1 radical (unpaired) electrons. The van der Waals surface area contributed by atoms with Crippen molar-refractivity contribution in [1.29, 1.82) is 0 Å². The van der Waals surface area contributed by atoms with E-state index in [2.05, 4.69) is 6.92 Å². The van der Waals surface area contributed by atoms with Gasteiger partial charge in [-0.05, 0) is 19.3 Å². The molecule has 7 heavy (non-hydrogen) atoms. The summed E-state index contributed by atoms with van der Waals surface area (Å²) in [4.78, 5) is 0. The van der Waals surface area contributed by atoms with E-state index >= 15 is 0 Å². The van der Waals surface area contributed by atoms with Crippen LogP contribution in [-0.2, 0) is 0 Å². The van der Waals surface area contributed by atoms with E-state index in [0.29, 0.717) is 0 Å². The van der Waals surface area contributed by atoms with Crippen molar-refractivity contribution >= 4 is 0 Å². The van der Waals surface area contributed by atoms with Crippen LogP contribution in [0.5, 0.6) is 0 Å². The molecule has 0 aromatic rings. The molecule has 0 spiro atoms. The van der Waals surface area contributed by atoms with Crippen LogP contribution in [0.1, 0.15) is 20.8 Å². The molecule has 0 aromatic carbocycles. The number of hydrogen-bond acceptors (Lipinski definition) is 1. The lowest BCUT2D eigenvalue weighted by atomic mass is 9.91. The minimum atomic E-state index is -0.313. The minimum absolute atomic E-state index is 0.194. The van der Waals surface area contributed by atoms with E-state index in [-0.39, 0.29) is 11.5 Å². The van der Waals surface area contributed by atoms with Crippen molar-refractivity contribution in [3.63, 3.8) is 0 Å². The summed E-state index contributed by atoms with van der Waals surface area (Å²) in [6.45, 7) is 9.26. The lowest BCUT2D eigenvalue weighted by Crippen LogP contribution is -2.22. The first-order valence-corrected chi connectivity index (χ1v) is 2.48. The van der Waals surface area contributed by atoms with Crippen LogP contribution in [0.3, 0.4) is 0 Å². The van der Waals surface area contributed by atoms with Crippen LogP contribution < -0.4 is 0 Å². The molecule has 1 unspecified atom stereocenters. The number of hydrogen-bond donors (Lipinski definition) is 1. The zero-order valence-corrected chi connectivity index (χ0v) is 5.23. The van der Waals surface area contributed by atoms with Gasteiger partial charge in [-0.15, -0.1) is 0 Å². The van der Waals surface area contributed by atoms with Crippen molar-refractivity contribution in [2.75, 3.05) is 0 Å². The van der Waals surface area contributed by atoms with Gasteiger partial charge in [0.1, 0.15) is 0 Å². The predicted octanol–water partition coefficient (Wildman–Crippen LogP) is 1.23. The summed E-state index contributed by atoms with van der Waals surface area (Å²) in [6, 6.07) is 0. The SMILES string of the molecule is [CH2]C(C)(C)C(C)O. The number of aliphatic hydroxyl groups is 1. The fourth-order valence-corrected chi connectivity index (χ4v) is 0. The van der Waals surface area contributed by atoms with Crippen LogP contribution >= 0.6 is 0 Å². The molecule has 1 heteroatoms. The second kappa shape index (κ2) is 1.83. The predicted molar refractivity (Wildman–Crippen MR) is 30.8 cm³/mol. The molecule has 0 rings (SSSR count). The third-order valence-electron chi connectivity index (χ3n) is 1.13. The van der Waals surface area contributed by atoms with Gasteiger partial charge in [0.2, 0.25) is 0 Å². The molecule has 0 aliphatic carbocycles. The molecular formula is C6H13O. The van der Waals surface area contributed by atoms with E-state index in [1.54, 1.807) is 6.92 Å². The van der Waals surface area contributed by atoms with Crippen molar-refractivity contribution < 1.29 is 5.11 Å². The first-order chi connectivity index (χ1) is 2.94. The highest BCUT2D eigenvalue weighted by molar-refractivity contribution is 4.75. The summed E-state index contributed by atoms with van der Waals surface area (Å²) in [7, 11) is 0. The topological polar surface area (TPSA) is 20.2 Å². The van der Waals surface area contributed by atoms with Gasteiger partial charge in [0.15, 0.2) is 0 Å². The van der Waals surface area contributed by atoms with Crippen LogP contribution in [0.25, 0.3) is 0 Å². The minimum Gasteiger partial charge on any atom is -0.393 e. The van der Waals surface area contributed by atoms with Crippen molar-refractivity contribution in [2.45, 2.75) is 26.9 Å². The summed E-state index contributed by atoms with van der Waals surface area (Å²) in [5.41, 5.74) is -0.194. The first kappa shape index (κ1) is 6.96. The molecular weight excluding hydrogens is 88.1 g/mol. The van der Waals surface area contributed by atoms with Crippen molar-refractivity contribution in [1.82, 2.24) is 0 Å². The van der Waals surface area contributed by atoms with Crippen LogP contribution in [0.4, 0.5) is 0 Å². The van der Waals surface area contributed by atoms with E-state index in [4.69, 9.17) is 5.11 Å². The van der Waals surface area contributed by atoms with Crippen LogP contribution in [0.15, 0.2) is 0 Å². The fraction of sp³-hybridized carbons (Fsp3) is 0.833. The van der Waals surface area contributed by atoms with E-state index in [9.17, 15) is 0 Å². The second-order valence-electron chi connectivity index (χ2n) is 2.66. The maximum absolute atomic E-state index is 8.83. The third-order valence-corrected chi connectivity index (χ3v) is 1.13. The average Bonchev–Trinajstić information content (AvgIpc) is 1.31. The lowest BCUT2D eigenvalue weighted by Gasteiger charge is -2.20. The maximum atomic E-state index is 8.83. The van der Waals surface area contributed by atoms with Gasteiger partial charge in [-0.25, -0.2) is 0 Å². The standard InChI is InChI=1S/C6H13O/c1-5(7)6(2,3)4/h5,7H,2H2,1,3-4H3. The monoisotopic (exact) mass is 101 g/mol. The Balaban J connectivity index is 3.54. The molecule has 1 nitrogen and oxygen atoms in total. The highest BCUT2D eigenvalue weighted by atomic mass is 16.3. The highest BCUT2D eigenvalue weighted by Gasteiger charge is 2.16. The summed E-state index contributed by atoms with van der Waals surface area (Å²) < 4.78 is 0. The van der Waals surface area contributed by atoms with Crippen LogP contribution in [0, 0.1) is 12.3 Å². The van der Waals surface area contributed by atoms with E-state index in [1.165, 1.54) is 0 Å². The van der Waals surface area contributed by atoms with E-state index < -0.39 is 0 Å². The Hall–Kier alpha value is -0.0400. The zero-order valence-electron chi connectivity index (χ0n) is 5.23. The smallest absolute Gasteiger partial charge is 0.0563 e. The van der Waals surface area contributed by atoms with Gasteiger partial charge in [0, 0.05) is 0 Å². The van der Waals surface area contributed by atoms with Crippen LogP contribution in [-0.4, -0.2) is 11.2 Å². The molecule has 0 saturated heterocycles. The summed E-state index contributed by atoms with van der Waals surface area (Å²) in [6.07, 6.45) is -0.313. The highest BCUT2D eigenvalue weighted by Crippen LogP contribution is 2.16. The van der Waals surface area contributed by atoms with E-state index in [0.717, 1.165) is 0 Å². The molecule has 0 bridgehead atoms. The Morgan fingerprint density at radius 1 is 1.57 bits per heavy atom. The van der Waals surface area contributed by atoms with Gasteiger partial charge in [-0.1, -0.05) is 13.8 Å². The fourth-order valence-electron chi connectivity index (χ4n) is 0. The molecule has 0 heterocycles. The first-order valence-electron chi connectivity index (χ1n) is 2.48. The Labute approximate surface area is 45.4 Å². The molecule has 0 saturated carbocycles. The Morgan fingerprint density at radius 2 is 1.71 bits per heavy atom. The largest absolute Gasteiger partial charge is 0.393 e. The van der Waals surface area contributed by atoms with Gasteiger partial charge >= 0.3 is 0 Å². The van der Waals surface area contributed by atoms with E-state index in [1.807, 2.05) is 13.8 Å². The Kier molecular flexibility index (Phi) is 1.82. The van der Waals surface area contributed by atoms with Crippen molar-refractivity contribution in [3.05, 3.63) is 6.92 Å². The molecule has 0 aromatic heterocycles. The maximum Gasteiger partial charge on any atom is 0.0563 e. The lowest BCUT2D eigenvalue weighted by molar-refractivity contribution is 0.0978. The third kappa shape index (κ3) is 2.63. The van der Waals surface area contributed by atoms with Crippen molar-refractivity contribution in [3.8, 4) is 0 Å². The molecule has 0 aliphatic heterocycles. The van der Waals surface area contributed by atoms with Gasteiger partial charge in [0.05, 0.1) is 6.10 Å².